The van der Waals surface area contributed by atoms with Crippen molar-refractivity contribution in [2.45, 2.75) is 251 Å². The topological polar surface area (TPSA) is 102 Å². The van der Waals surface area contributed by atoms with Crippen LogP contribution in [0.3, 0.4) is 0 Å². The van der Waals surface area contributed by atoms with Gasteiger partial charge >= 0.3 is 11.9 Å². The van der Waals surface area contributed by atoms with Crippen molar-refractivity contribution >= 4 is 17.9 Å². The summed E-state index contributed by atoms with van der Waals surface area (Å²) in [4.78, 5) is 36.9. The minimum absolute atomic E-state index is 0.0431. The molecule has 0 aromatic heterocycles. The van der Waals surface area contributed by atoms with Crippen molar-refractivity contribution in [3.8, 4) is 0 Å². The zero-order valence-corrected chi connectivity index (χ0v) is 39.0. The van der Waals surface area contributed by atoms with Crippen LogP contribution in [0.5, 0.6) is 0 Å². The second kappa shape index (κ2) is 41.8. The largest absolute Gasteiger partial charge is 0.544 e. The first kappa shape index (κ1) is 56.1. The number of quaternary nitrogens is 1. The lowest BCUT2D eigenvalue weighted by Crippen LogP contribution is -2.55. The van der Waals surface area contributed by atoms with E-state index >= 15 is 0 Å². The molecule has 2 atom stereocenters. The van der Waals surface area contributed by atoms with Crippen LogP contribution in [0, 0.1) is 0 Å². The summed E-state index contributed by atoms with van der Waals surface area (Å²) in [7, 11) is 5.42. The van der Waals surface area contributed by atoms with E-state index in [1.54, 1.807) is 21.1 Å². The Kier molecular flexibility index (Phi) is 40.4. The number of rotatable bonds is 45. The second-order valence-corrected chi connectivity index (χ2v) is 18.1. The van der Waals surface area contributed by atoms with Crippen LogP contribution in [-0.2, 0) is 28.6 Å². The molecule has 0 radical (unpaired) electrons. The molecule has 0 aliphatic heterocycles. The third-order valence-corrected chi connectivity index (χ3v) is 11.4. The molecule has 8 heteroatoms. The number of ether oxygens (including phenoxy) is 3. The minimum atomic E-state index is -1.12. The van der Waals surface area contributed by atoms with Gasteiger partial charge in [-0.3, -0.25) is 9.59 Å². The molecule has 0 fully saturated rings. The molecule has 0 saturated carbocycles. The molecule has 342 valence electrons. The van der Waals surface area contributed by atoms with Gasteiger partial charge in [0.25, 0.3) is 0 Å². The van der Waals surface area contributed by atoms with Gasteiger partial charge in [0.05, 0.1) is 40.3 Å². The van der Waals surface area contributed by atoms with Crippen LogP contribution in [0.1, 0.15) is 239 Å². The van der Waals surface area contributed by atoms with Crippen LogP contribution in [0.15, 0.2) is 12.2 Å². The standard InChI is InChI=1S/C50H95NO7/c1-6-8-10-12-14-16-18-20-21-22-23-24-25-26-27-29-30-32-34-36-38-40-48(52)57-45-46(44-56-43-42-47(50(54)55)51(3,4)5)58-49(53)41-39-37-35-33-31-28-19-17-15-13-11-9-7-2/h17,19,46-47H,6-16,18,20-45H2,1-5H3/b19-17-. The summed E-state index contributed by atoms with van der Waals surface area (Å²) in [5, 5.41) is 11.6. The zero-order valence-electron chi connectivity index (χ0n) is 39.0. The molecule has 0 aromatic carbocycles. The summed E-state index contributed by atoms with van der Waals surface area (Å²) < 4.78 is 17.2. The number of likely N-dealkylation sites (N-methyl/N-ethyl adjacent to an activating group) is 1. The van der Waals surface area contributed by atoms with Gasteiger partial charge < -0.3 is 28.6 Å². The monoisotopic (exact) mass is 822 g/mol. The quantitative estimate of drug-likeness (QED) is 0.0261. The van der Waals surface area contributed by atoms with Gasteiger partial charge in [-0.1, -0.05) is 193 Å². The van der Waals surface area contributed by atoms with E-state index in [9.17, 15) is 19.5 Å². The first-order valence-corrected chi connectivity index (χ1v) is 24.7. The van der Waals surface area contributed by atoms with Crippen molar-refractivity contribution in [1.29, 1.82) is 0 Å². The molecular weight excluding hydrogens is 727 g/mol. The number of nitrogens with zero attached hydrogens (tertiary/aromatic N) is 1. The van der Waals surface area contributed by atoms with Crippen LogP contribution in [-0.4, -0.2) is 75.5 Å². The molecule has 0 bridgehead atoms. The lowest BCUT2D eigenvalue weighted by Gasteiger charge is -2.34. The maximum Gasteiger partial charge on any atom is 0.306 e. The molecule has 0 spiro atoms. The molecule has 0 aliphatic carbocycles. The number of carbonyl (C=O) groups excluding carboxylic acids is 3. The number of esters is 2. The van der Waals surface area contributed by atoms with E-state index in [-0.39, 0.29) is 42.7 Å². The molecule has 0 heterocycles. The van der Waals surface area contributed by atoms with Gasteiger partial charge in [0.15, 0.2) is 6.10 Å². The summed E-state index contributed by atoms with van der Waals surface area (Å²) in [5.41, 5.74) is 0. The second-order valence-electron chi connectivity index (χ2n) is 18.1. The smallest absolute Gasteiger partial charge is 0.306 e. The van der Waals surface area contributed by atoms with E-state index in [0.717, 1.165) is 51.4 Å². The Balaban J connectivity index is 4.18. The Morgan fingerprint density at radius 3 is 1.26 bits per heavy atom. The Hall–Kier alpha value is -1.93. The Morgan fingerprint density at radius 1 is 0.500 bits per heavy atom. The lowest BCUT2D eigenvalue weighted by atomic mass is 10.0. The molecule has 0 rings (SSSR count). The zero-order chi connectivity index (χ0) is 42.8. The molecule has 8 nitrogen and oxygen atoms in total. The molecule has 0 amide bonds. The van der Waals surface area contributed by atoms with Crippen LogP contribution in [0.25, 0.3) is 0 Å². The summed E-state index contributed by atoms with van der Waals surface area (Å²) >= 11 is 0. The Morgan fingerprint density at radius 2 is 0.862 bits per heavy atom. The number of hydrogen-bond acceptors (Lipinski definition) is 7. The average molecular weight is 822 g/mol. The van der Waals surface area contributed by atoms with Gasteiger partial charge in [-0.2, -0.15) is 0 Å². The molecule has 58 heavy (non-hydrogen) atoms. The summed E-state index contributed by atoms with van der Waals surface area (Å²) in [6, 6.07) is -0.723. The van der Waals surface area contributed by atoms with Gasteiger partial charge in [-0.15, -0.1) is 0 Å². The summed E-state index contributed by atoms with van der Waals surface area (Å²) in [6.07, 6.45) is 45.3. The predicted molar refractivity (Wildman–Crippen MR) is 241 cm³/mol. The molecule has 0 saturated heterocycles. The van der Waals surface area contributed by atoms with Crippen molar-refractivity contribution in [3.05, 3.63) is 12.2 Å². The van der Waals surface area contributed by atoms with Crippen LogP contribution in [0.2, 0.25) is 0 Å². The predicted octanol–water partition coefficient (Wildman–Crippen LogP) is 12.5. The molecule has 2 unspecified atom stereocenters. The van der Waals surface area contributed by atoms with Gasteiger partial charge in [0, 0.05) is 19.3 Å². The number of carboxylic acids is 1. The fraction of sp³-hybridized carbons (Fsp3) is 0.900. The van der Waals surface area contributed by atoms with Crippen LogP contribution < -0.4 is 5.11 Å². The number of carboxylic acid groups (broad SMARTS) is 1. The van der Waals surface area contributed by atoms with Crippen LogP contribution in [0.4, 0.5) is 0 Å². The van der Waals surface area contributed by atoms with Gasteiger partial charge in [0.1, 0.15) is 12.6 Å². The lowest BCUT2D eigenvalue weighted by molar-refractivity contribution is -0.889. The van der Waals surface area contributed by atoms with Gasteiger partial charge in [-0.25, -0.2) is 0 Å². The fourth-order valence-corrected chi connectivity index (χ4v) is 7.54. The Labute approximate surface area is 359 Å². The highest BCUT2D eigenvalue weighted by Gasteiger charge is 2.25. The third-order valence-electron chi connectivity index (χ3n) is 11.4. The van der Waals surface area contributed by atoms with Gasteiger partial charge in [-0.05, 0) is 38.5 Å². The number of carbonyl (C=O) groups is 3. The fourth-order valence-electron chi connectivity index (χ4n) is 7.54. The van der Waals surface area contributed by atoms with Crippen molar-refractivity contribution < 1.29 is 38.2 Å². The highest BCUT2D eigenvalue weighted by Crippen LogP contribution is 2.16. The van der Waals surface area contributed by atoms with Crippen LogP contribution >= 0.6 is 0 Å². The normalized spacial score (nSPS) is 12.9. The number of aliphatic carboxylic acids is 1. The molecular formula is C50H95NO7. The van der Waals surface area contributed by atoms with E-state index in [2.05, 4.69) is 26.0 Å². The number of allylic oxidation sites excluding steroid dienone is 2. The SMILES string of the molecule is CCCCCC/C=C\CCCCCCCC(=O)OC(COCCC(C(=O)[O-])[N+](C)(C)C)COC(=O)CCCCCCCCCCCCCCCCCCCCCCC. The van der Waals surface area contributed by atoms with Crippen molar-refractivity contribution in [2.24, 2.45) is 0 Å². The Bertz CT molecular complexity index is 962. The van der Waals surface area contributed by atoms with Gasteiger partial charge in [0.2, 0.25) is 0 Å². The highest BCUT2D eigenvalue weighted by molar-refractivity contribution is 5.70. The van der Waals surface area contributed by atoms with E-state index in [1.807, 2.05) is 0 Å². The third kappa shape index (κ3) is 39.5. The summed E-state index contributed by atoms with van der Waals surface area (Å²) in [5.74, 6) is -1.73. The average Bonchev–Trinajstić information content (AvgIpc) is 3.18. The van der Waals surface area contributed by atoms with E-state index < -0.39 is 18.1 Å². The number of hydrogen-bond donors (Lipinski definition) is 0. The molecule has 0 aromatic rings. The van der Waals surface area contributed by atoms with E-state index in [0.29, 0.717) is 12.8 Å². The summed E-state index contributed by atoms with van der Waals surface area (Å²) in [6.45, 7) is 4.68. The van der Waals surface area contributed by atoms with Crippen molar-refractivity contribution in [3.63, 3.8) is 0 Å². The maximum absolute atomic E-state index is 12.7. The van der Waals surface area contributed by atoms with E-state index in [1.165, 1.54) is 154 Å². The molecule has 0 N–H and O–H groups in total. The maximum atomic E-state index is 12.7. The number of unbranched alkanes of at least 4 members (excludes halogenated alkanes) is 29. The first-order valence-electron chi connectivity index (χ1n) is 24.7. The molecule has 0 aliphatic rings. The van der Waals surface area contributed by atoms with Crippen molar-refractivity contribution in [2.75, 3.05) is 41.0 Å². The highest BCUT2D eigenvalue weighted by atomic mass is 16.6. The van der Waals surface area contributed by atoms with Crippen molar-refractivity contribution in [1.82, 2.24) is 0 Å². The first-order chi connectivity index (χ1) is 28.1. The van der Waals surface area contributed by atoms with E-state index in [4.69, 9.17) is 14.2 Å². The minimum Gasteiger partial charge on any atom is -0.544 e.